The smallest absolute Gasteiger partial charge is 0.0864 e. The molecule has 18 heavy (non-hydrogen) atoms. The average Bonchev–Trinajstić information content (AvgIpc) is 2.66. The van der Waals surface area contributed by atoms with E-state index in [2.05, 4.69) is 44.2 Å². The number of hydrogen-bond acceptors (Lipinski definition) is 1. The molecule has 0 heterocycles. The maximum Gasteiger partial charge on any atom is 0.0864 e. The maximum atomic E-state index is 10.5. The first kappa shape index (κ1) is 11.5. The lowest BCUT2D eigenvalue weighted by Gasteiger charge is -2.17. The molecule has 2 aromatic rings. The highest BCUT2D eigenvalue weighted by Crippen LogP contribution is 2.42. The van der Waals surface area contributed by atoms with Gasteiger partial charge in [-0.2, -0.15) is 0 Å². The van der Waals surface area contributed by atoms with E-state index in [0.29, 0.717) is 0 Å². The molecule has 1 heteroatoms. The van der Waals surface area contributed by atoms with Gasteiger partial charge in [0.25, 0.3) is 0 Å². The maximum absolute atomic E-state index is 10.5. The molecule has 0 aromatic heterocycles. The summed E-state index contributed by atoms with van der Waals surface area (Å²) in [5, 5.41) is 10.5. The van der Waals surface area contributed by atoms with E-state index in [9.17, 15) is 5.11 Å². The highest BCUT2D eigenvalue weighted by Gasteiger charge is 2.31. The molecule has 1 aliphatic carbocycles. The van der Waals surface area contributed by atoms with Crippen LogP contribution in [-0.2, 0) is 6.42 Å². The Morgan fingerprint density at radius 3 is 2.33 bits per heavy atom. The van der Waals surface area contributed by atoms with Gasteiger partial charge in [0, 0.05) is 5.92 Å². The summed E-state index contributed by atoms with van der Waals surface area (Å²) in [6.45, 7) is 4.23. The van der Waals surface area contributed by atoms with Gasteiger partial charge in [-0.3, -0.25) is 0 Å². The molecule has 0 radical (unpaired) electrons. The molecular formula is C17H18O. The monoisotopic (exact) mass is 238 g/mol. The molecule has 2 unspecified atom stereocenters. The Balaban J connectivity index is 2.01. The van der Waals surface area contributed by atoms with E-state index >= 15 is 0 Å². The molecule has 1 nitrogen and oxygen atoms in total. The lowest BCUT2D eigenvalue weighted by molar-refractivity contribution is 0.158. The Morgan fingerprint density at radius 2 is 1.67 bits per heavy atom. The quantitative estimate of drug-likeness (QED) is 0.803. The first-order valence-electron chi connectivity index (χ1n) is 6.49. The van der Waals surface area contributed by atoms with Crippen molar-refractivity contribution in [3.8, 4) is 0 Å². The lowest BCUT2D eigenvalue weighted by Crippen LogP contribution is -2.05. The zero-order chi connectivity index (χ0) is 12.7. The van der Waals surface area contributed by atoms with Gasteiger partial charge in [0.2, 0.25) is 0 Å². The Hall–Kier alpha value is -1.60. The molecule has 2 atom stereocenters. The highest BCUT2D eigenvalue weighted by molar-refractivity contribution is 5.42. The van der Waals surface area contributed by atoms with Crippen LogP contribution in [0, 0.1) is 13.8 Å². The molecule has 1 aliphatic rings. The van der Waals surface area contributed by atoms with Gasteiger partial charge in [-0.15, -0.1) is 0 Å². The van der Waals surface area contributed by atoms with Crippen LogP contribution >= 0.6 is 0 Å². The van der Waals surface area contributed by atoms with Gasteiger partial charge in [0.15, 0.2) is 0 Å². The van der Waals surface area contributed by atoms with Crippen LogP contribution < -0.4 is 0 Å². The number of aliphatic hydroxyl groups is 1. The minimum atomic E-state index is -0.359. The van der Waals surface area contributed by atoms with Crippen molar-refractivity contribution in [2.75, 3.05) is 0 Å². The second-order valence-electron chi connectivity index (χ2n) is 5.38. The summed E-state index contributed by atoms with van der Waals surface area (Å²) in [6, 6.07) is 14.8. The van der Waals surface area contributed by atoms with Crippen LogP contribution in [0.15, 0.2) is 42.5 Å². The van der Waals surface area contributed by atoms with Crippen LogP contribution in [0.3, 0.4) is 0 Å². The van der Waals surface area contributed by atoms with Gasteiger partial charge < -0.3 is 5.11 Å². The molecule has 92 valence electrons. The number of rotatable bonds is 1. The van der Waals surface area contributed by atoms with Crippen LogP contribution in [-0.4, -0.2) is 5.11 Å². The van der Waals surface area contributed by atoms with E-state index in [1.807, 2.05) is 12.1 Å². The predicted octanol–water partition coefficient (Wildman–Crippen LogP) is 3.68. The van der Waals surface area contributed by atoms with Crippen LogP contribution in [0.2, 0.25) is 0 Å². The number of hydrogen-bond donors (Lipinski definition) is 1. The average molecular weight is 238 g/mol. The molecular weight excluding hydrogens is 220 g/mol. The van der Waals surface area contributed by atoms with Crippen molar-refractivity contribution < 1.29 is 5.11 Å². The van der Waals surface area contributed by atoms with Crippen molar-refractivity contribution in [3.63, 3.8) is 0 Å². The van der Waals surface area contributed by atoms with Gasteiger partial charge >= 0.3 is 0 Å². The van der Waals surface area contributed by atoms with Crippen LogP contribution in [0.5, 0.6) is 0 Å². The molecule has 3 rings (SSSR count). The zero-order valence-electron chi connectivity index (χ0n) is 10.9. The fourth-order valence-corrected chi connectivity index (χ4v) is 3.10. The first-order chi connectivity index (χ1) is 8.65. The molecule has 0 fully saturated rings. The fourth-order valence-electron chi connectivity index (χ4n) is 3.10. The lowest BCUT2D eigenvalue weighted by atomic mass is 9.91. The minimum absolute atomic E-state index is 0.209. The van der Waals surface area contributed by atoms with E-state index in [4.69, 9.17) is 0 Å². The number of aliphatic hydroxyl groups excluding tert-OH is 1. The molecule has 0 amide bonds. The number of aryl methyl sites for hydroxylation is 2. The number of fused-ring (bicyclic) bond motifs is 1. The second kappa shape index (κ2) is 4.25. The van der Waals surface area contributed by atoms with Gasteiger partial charge in [-0.1, -0.05) is 53.6 Å². The minimum Gasteiger partial charge on any atom is -0.388 e. The van der Waals surface area contributed by atoms with Crippen LogP contribution in [0.1, 0.15) is 39.8 Å². The van der Waals surface area contributed by atoms with Crippen molar-refractivity contribution in [1.29, 1.82) is 0 Å². The molecule has 0 bridgehead atoms. The SMILES string of the molecule is Cc1cc(C)cc(C2Cc3ccccc3C2O)c1. The van der Waals surface area contributed by atoms with Gasteiger partial charge in [-0.05, 0) is 37.0 Å². The molecule has 0 saturated carbocycles. The second-order valence-corrected chi connectivity index (χ2v) is 5.38. The van der Waals surface area contributed by atoms with Crippen molar-refractivity contribution in [3.05, 3.63) is 70.3 Å². The summed E-state index contributed by atoms with van der Waals surface area (Å²) >= 11 is 0. The van der Waals surface area contributed by atoms with Gasteiger partial charge in [-0.25, -0.2) is 0 Å². The largest absolute Gasteiger partial charge is 0.388 e. The summed E-state index contributed by atoms with van der Waals surface area (Å²) in [6.07, 6.45) is 0.586. The topological polar surface area (TPSA) is 20.2 Å². The zero-order valence-corrected chi connectivity index (χ0v) is 10.9. The van der Waals surface area contributed by atoms with Gasteiger partial charge in [0.1, 0.15) is 0 Å². The Bertz CT molecular complexity index is 566. The van der Waals surface area contributed by atoms with Crippen LogP contribution in [0.4, 0.5) is 0 Å². The third-order valence-corrected chi connectivity index (χ3v) is 3.87. The summed E-state index contributed by atoms with van der Waals surface area (Å²) < 4.78 is 0. The standard InChI is InChI=1S/C17H18O/c1-11-7-12(2)9-14(8-11)16-10-13-5-3-4-6-15(13)17(16)18/h3-9,16-18H,10H2,1-2H3. The third-order valence-electron chi connectivity index (χ3n) is 3.87. The molecule has 0 spiro atoms. The predicted molar refractivity (Wildman–Crippen MR) is 73.8 cm³/mol. The van der Waals surface area contributed by atoms with Crippen molar-refractivity contribution in [2.45, 2.75) is 32.3 Å². The van der Waals surface area contributed by atoms with Crippen molar-refractivity contribution in [2.24, 2.45) is 0 Å². The van der Waals surface area contributed by atoms with Gasteiger partial charge in [0.05, 0.1) is 6.10 Å². The third kappa shape index (κ3) is 1.85. The fraction of sp³-hybridized carbons (Fsp3) is 0.294. The van der Waals surface area contributed by atoms with Crippen molar-refractivity contribution in [1.82, 2.24) is 0 Å². The normalized spacial score (nSPS) is 21.9. The Kier molecular flexibility index (Phi) is 2.71. The Labute approximate surface area is 108 Å². The van der Waals surface area contributed by atoms with E-state index in [0.717, 1.165) is 12.0 Å². The summed E-state index contributed by atoms with van der Waals surface area (Å²) in [5.41, 5.74) is 6.19. The van der Waals surface area contributed by atoms with E-state index in [-0.39, 0.29) is 12.0 Å². The highest BCUT2D eigenvalue weighted by atomic mass is 16.3. The molecule has 2 aromatic carbocycles. The number of benzene rings is 2. The van der Waals surface area contributed by atoms with E-state index < -0.39 is 0 Å². The molecule has 0 saturated heterocycles. The van der Waals surface area contributed by atoms with Crippen molar-refractivity contribution >= 4 is 0 Å². The summed E-state index contributed by atoms with van der Waals surface area (Å²) in [5.74, 6) is 0.209. The molecule has 1 N–H and O–H groups in total. The summed E-state index contributed by atoms with van der Waals surface area (Å²) in [4.78, 5) is 0. The molecule has 0 aliphatic heterocycles. The van der Waals surface area contributed by atoms with Crippen LogP contribution in [0.25, 0.3) is 0 Å². The Morgan fingerprint density at radius 1 is 1.00 bits per heavy atom. The first-order valence-corrected chi connectivity index (χ1v) is 6.49. The van der Waals surface area contributed by atoms with E-state index in [1.54, 1.807) is 0 Å². The van der Waals surface area contributed by atoms with E-state index in [1.165, 1.54) is 22.3 Å². The summed E-state index contributed by atoms with van der Waals surface area (Å²) in [7, 11) is 0.